The van der Waals surface area contributed by atoms with E-state index in [9.17, 15) is 10.1 Å². The number of rotatable bonds is 3. The number of aryl methyl sites for hydroxylation is 1. The van der Waals surface area contributed by atoms with E-state index in [1.165, 1.54) is 0 Å². The lowest BCUT2D eigenvalue weighted by atomic mass is 10.1. The summed E-state index contributed by atoms with van der Waals surface area (Å²) in [5.74, 6) is 0.787. The van der Waals surface area contributed by atoms with E-state index in [1.807, 2.05) is 13.0 Å². The smallest absolute Gasteiger partial charge is 0.227 e. The highest BCUT2D eigenvalue weighted by Crippen LogP contribution is 2.31. The quantitative estimate of drug-likeness (QED) is 0.936. The predicted octanol–water partition coefficient (Wildman–Crippen LogP) is 2.67. The maximum Gasteiger partial charge on any atom is 0.227 e. The van der Waals surface area contributed by atoms with E-state index in [1.54, 1.807) is 24.4 Å². The van der Waals surface area contributed by atoms with Gasteiger partial charge in [0.2, 0.25) is 5.91 Å². The van der Waals surface area contributed by atoms with Crippen molar-refractivity contribution < 1.29 is 4.79 Å². The number of nitrogens with zero attached hydrogens (tertiary/aromatic N) is 3. The van der Waals surface area contributed by atoms with Crippen LogP contribution in [0.5, 0.6) is 0 Å². The van der Waals surface area contributed by atoms with Crippen LogP contribution in [0.2, 0.25) is 0 Å². The largest absolute Gasteiger partial charge is 0.325 e. The zero-order chi connectivity index (χ0) is 14.8. The second kappa shape index (κ2) is 5.33. The van der Waals surface area contributed by atoms with Crippen molar-refractivity contribution in [1.29, 1.82) is 5.26 Å². The number of amides is 1. The van der Waals surface area contributed by atoms with E-state index < -0.39 is 0 Å². The molecule has 0 aliphatic heterocycles. The number of hydrogen-bond acceptors (Lipinski definition) is 4. The first-order valence-electron chi connectivity index (χ1n) is 6.82. The van der Waals surface area contributed by atoms with Gasteiger partial charge in [0.25, 0.3) is 0 Å². The Hall–Kier alpha value is -2.74. The van der Waals surface area contributed by atoms with Gasteiger partial charge in [-0.1, -0.05) is 6.07 Å². The van der Waals surface area contributed by atoms with Crippen LogP contribution in [0, 0.1) is 24.2 Å². The summed E-state index contributed by atoms with van der Waals surface area (Å²) in [7, 11) is 0. The molecule has 5 heteroatoms. The van der Waals surface area contributed by atoms with Gasteiger partial charge in [-0.2, -0.15) is 5.26 Å². The highest BCUT2D eigenvalue weighted by atomic mass is 16.2. The van der Waals surface area contributed by atoms with Crippen LogP contribution in [-0.2, 0) is 4.79 Å². The number of carbonyl (C=O) groups excluding carboxylic acids is 1. The Morgan fingerprint density at radius 3 is 2.86 bits per heavy atom. The monoisotopic (exact) mass is 278 g/mol. The van der Waals surface area contributed by atoms with Gasteiger partial charge in [0.15, 0.2) is 0 Å². The summed E-state index contributed by atoms with van der Waals surface area (Å²) in [5, 5.41) is 12.1. The molecular formula is C16H14N4O. The number of carbonyl (C=O) groups is 1. The van der Waals surface area contributed by atoms with Gasteiger partial charge in [-0.25, -0.2) is 9.97 Å². The minimum absolute atomic E-state index is 0.00266. The lowest BCUT2D eigenvalue weighted by molar-refractivity contribution is -0.117. The molecule has 0 saturated heterocycles. The van der Waals surface area contributed by atoms with E-state index in [0.717, 1.165) is 24.1 Å². The van der Waals surface area contributed by atoms with Crippen LogP contribution >= 0.6 is 0 Å². The predicted molar refractivity (Wildman–Crippen MR) is 78.3 cm³/mol. The van der Waals surface area contributed by atoms with E-state index in [2.05, 4.69) is 21.4 Å². The molecule has 1 aromatic carbocycles. The molecule has 1 heterocycles. The van der Waals surface area contributed by atoms with Crippen molar-refractivity contribution in [1.82, 2.24) is 9.97 Å². The fourth-order valence-electron chi connectivity index (χ4n) is 2.10. The second-order valence-corrected chi connectivity index (χ2v) is 5.12. The van der Waals surface area contributed by atoms with Gasteiger partial charge in [0, 0.05) is 17.7 Å². The van der Waals surface area contributed by atoms with Crippen LogP contribution in [0.1, 0.15) is 24.2 Å². The molecule has 1 aliphatic rings. The molecule has 5 nitrogen and oxygen atoms in total. The van der Waals surface area contributed by atoms with Crippen LogP contribution in [0.25, 0.3) is 11.3 Å². The highest BCUT2D eigenvalue weighted by molar-refractivity contribution is 5.95. The fourth-order valence-corrected chi connectivity index (χ4v) is 2.10. The summed E-state index contributed by atoms with van der Waals surface area (Å²) >= 11 is 0. The minimum atomic E-state index is -0.00266. The summed E-state index contributed by atoms with van der Waals surface area (Å²) in [4.78, 5) is 20.2. The number of aromatic nitrogens is 2. The average Bonchev–Trinajstić information content (AvgIpc) is 3.32. The Kier molecular flexibility index (Phi) is 3.36. The van der Waals surface area contributed by atoms with E-state index in [0.29, 0.717) is 17.1 Å². The number of benzene rings is 1. The van der Waals surface area contributed by atoms with Gasteiger partial charge in [-0.05, 0) is 38.0 Å². The van der Waals surface area contributed by atoms with Crippen LogP contribution in [0.4, 0.5) is 5.69 Å². The van der Waals surface area contributed by atoms with Crippen molar-refractivity contribution in [2.24, 2.45) is 5.92 Å². The average molecular weight is 278 g/mol. The molecule has 1 aromatic heterocycles. The van der Waals surface area contributed by atoms with E-state index >= 15 is 0 Å². The number of anilines is 1. The number of nitrogens with one attached hydrogen (secondary N) is 1. The maximum absolute atomic E-state index is 11.8. The molecule has 0 bridgehead atoms. The topological polar surface area (TPSA) is 78.7 Å². The highest BCUT2D eigenvalue weighted by Gasteiger charge is 2.29. The van der Waals surface area contributed by atoms with Crippen molar-refractivity contribution in [3.8, 4) is 17.3 Å². The van der Waals surface area contributed by atoms with Crippen molar-refractivity contribution in [2.45, 2.75) is 19.8 Å². The van der Waals surface area contributed by atoms with Gasteiger partial charge in [-0.3, -0.25) is 4.79 Å². The summed E-state index contributed by atoms with van der Waals surface area (Å²) in [6.07, 6.45) is 3.56. The fraction of sp³-hybridized carbons (Fsp3) is 0.250. The first-order chi connectivity index (χ1) is 10.2. The number of hydrogen-bond donors (Lipinski definition) is 1. The van der Waals surface area contributed by atoms with Crippen molar-refractivity contribution >= 4 is 11.6 Å². The van der Waals surface area contributed by atoms with Gasteiger partial charge in [0.1, 0.15) is 11.9 Å². The van der Waals surface area contributed by atoms with Gasteiger partial charge in [0.05, 0.1) is 16.9 Å². The summed E-state index contributed by atoms with van der Waals surface area (Å²) < 4.78 is 0. The molecule has 104 valence electrons. The zero-order valence-corrected chi connectivity index (χ0v) is 11.6. The standard InChI is InChI=1S/C16H14N4O/c1-10-18-7-6-15(19-10)12-4-5-14(13(8-12)9-17)20-16(21)11-2-3-11/h4-8,11H,2-3H2,1H3,(H,20,21). The summed E-state index contributed by atoms with van der Waals surface area (Å²) in [6, 6.07) is 9.27. The van der Waals surface area contributed by atoms with Crippen LogP contribution in [0.15, 0.2) is 30.5 Å². The van der Waals surface area contributed by atoms with Crippen molar-refractivity contribution in [2.75, 3.05) is 5.32 Å². The third-order valence-corrected chi connectivity index (χ3v) is 3.42. The van der Waals surface area contributed by atoms with Gasteiger partial charge in [-0.15, -0.1) is 0 Å². The van der Waals surface area contributed by atoms with E-state index in [-0.39, 0.29) is 11.8 Å². The summed E-state index contributed by atoms with van der Waals surface area (Å²) in [5.41, 5.74) is 2.60. The minimum Gasteiger partial charge on any atom is -0.325 e. The molecule has 3 rings (SSSR count). The lowest BCUT2D eigenvalue weighted by Crippen LogP contribution is -2.14. The molecule has 1 aliphatic carbocycles. The molecule has 1 fully saturated rings. The molecule has 1 amide bonds. The summed E-state index contributed by atoms with van der Waals surface area (Å²) in [6.45, 7) is 1.82. The maximum atomic E-state index is 11.8. The van der Waals surface area contributed by atoms with Crippen LogP contribution in [0.3, 0.4) is 0 Å². The third-order valence-electron chi connectivity index (χ3n) is 3.42. The molecule has 2 aromatic rings. The lowest BCUT2D eigenvalue weighted by Gasteiger charge is -2.08. The Bertz CT molecular complexity index is 744. The van der Waals surface area contributed by atoms with Gasteiger partial charge >= 0.3 is 0 Å². The molecule has 0 radical (unpaired) electrons. The number of nitriles is 1. The Balaban J connectivity index is 1.91. The molecule has 1 saturated carbocycles. The third kappa shape index (κ3) is 2.90. The second-order valence-electron chi connectivity index (χ2n) is 5.12. The molecule has 1 N–H and O–H groups in total. The zero-order valence-electron chi connectivity index (χ0n) is 11.6. The Morgan fingerprint density at radius 2 is 2.19 bits per heavy atom. The van der Waals surface area contributed by atoms with Crippen molar-refractivity contribution in [3.63, 3.8) is 0 Å². The van der Waals surface area contributed by atoms with Crippen molar-refractivity contribution in [3.05, 3.63) is 41.9 Å². The first kappa shape index (κ1) is 13.3. The van der Waals surface area contributed by atoms with Crippen LogP contribution < -0.4 is 5.32 Å². The SMILES string of the molecule is Cc1nccc(-c2ccc(NC(=O)C3CC3)c(C#N)c2)n1. The molecule has 21 heavy (non-hydrogen) atoms. The van der Waals surface area contributed by atoms with E-state index in [4.69, 9.17) is 0 Å². The molecule has 0 unspecified atom stereocenters. The molecule has 0 atom stereocenters. The Morgan fingerprint density at radius 1 is 1.38 bits per heavy atom. The molecule has 0 spiro atoms. The van der Waals surface area contributed by atoms with Crippen LogP contribution in [-0.4, -0.2) is 15.9 Å². The Labute approximate surface area is 122 Å². The molecular weight excluding hydrogens is 264 g/mol. The first-order valence-corrected chi connectivity index (χ1v) is 6.82. The normalized spacial score (nSPS) is 13.5. The van der Waals surface area contributed by atoms with Gasteiger partial charge < -0.3 is 5.32 Å².